The maximum absolute atomic E-state index is 4.95. The lowest BCUT2D eigenvalue weighted by atomic mass is 10.0. The van der Waals surface area contributed by atoms with E-state index in [1.807, 2.05) is 0 Å². The van der Waals surface area contributed by atoms with E-state index >= 15 is 0 Å². The molecule has 1 unspecified atom stereocenters. The van der Waals surface area contributed by atoms with Crippen molar-refractivity contribution in [1.29, 1.82) is 0 Å². The van der Waals surface area contributed by atoms with Gasteiger partial charge in [0, 0.05) is 31.2 Å². The Labute approximate surface area is 149 Å². The number of benzene rings is 2. The third-order valence-electron chi connectivity index (χ3n) is 5.11. The summed E-state index contributed by atoms with van der Waals surface area (Å²) < 4.78 is 2.38. The summed E-state index contributed by atoms with van der Waals surface area (Å²) >= 11 is 0. The Morgan fingerprint density at radius 1 is 1.16 bits per heavy atom. The van der Waals surface area contributed by atoms with Gasteiger partial charge >= 0.3 is 0 Å². The van der Waals surface area contributed by atoms with Crippen molar-refractivity contribution >= 4 is 11.0 Å². The molecule has 0 aliphatic carbocycles. The van der Waals surface area contributed by atoms with Crippen molar-refractivity contribution in [2.24, 2.45) is 0 Å². The Morgan fingerprint density at radius 3 is 2.76 bits per heavy atom. The highest BCUT2D eigenvalue weighted by Crippen LogP contribution is 2.29. The van der Waals surface area contributed by atoms with E-state index in [2.05, 4.69) is 71.5 Å². The third-order valence-corrected chi connectivity index (χ3v) is 5.11. The molecule has 1 aliphatic rings. The molecule has 2 aromatic carbocycles. The molecule has 0 fully saturated rings. The first-order chi connectivity index (χ1) is 12.3. The molecule has 0 saturated carbocycles. The van der Waals surface area contributed by atoms with Gasteiger partial charge in [-0.2, -0.15) is 0 Å². The second-order valence-electron chi connectivity index (χ2n) is 6.69. The smallest absolute Gasteiger partial charge is 0.141 e. The molecule has 25 heavy (non-hydrogen) atoms. The van der Waals surface area contributed by atoms with Crippen LogP contribution < -0.4 is 10.6 Å². The summed E-state index contributed by atoms with van der Waals surface area (Å²) in [4.78, 5) is 4.95. The van der Waals surface area contributed by atoms with Crippen molar-refractivity contribution < 1.29 is 0 Å². The van der Waals surface area contributed by atoms with E-state index in [0.29, 0.717) is 6.04 Å². The first-order valence-electron chi connectivity index (χ1n) is 9.34. The lowest BCUT2D eigenvalue weighted by molar-refractivity contribution is 0.537. The van der Waals surface area contributed by atoms with E-state index < -0.39 is 0 Å². The maximum atomic E-state index is 4.95. The summed E-state index contributed by atoms with van der Waals surface area (Å²) in [6.07, 6.45) is 1.10. The Kier molecular flexibility index (Phi) is 4.55. The second kappa shape index (κ2) is 6.98. The quantitative estimate of drug-likeness (QED) is 0.744. The number of nitrogens with one attached hydrogen (secondary N) is 2. The van der Waals surface area contributed by atoms with E-state index in [4.69, 9.17) is 4.98 Å². The van der Waals surface area contributed by atoms with Crippen molar-refractivity contribution in [1.82, 2.24) is 20.2 Å². The summed E-state index contributed by atoms with van der Waals surface area (Å²) in [5.41, 5.74) is 6.26. The van der Waals surface area contributed by atoms with Crippen LogP contribution in [0.4, 0.5) is 0 Å². The van der Waals surface area contributed by atoms with Gasteiger partial charge in [0.05, 0.1) is 11.0 Å². The molecule has 0 bridgehead atoms. The van der Waals surface area contributed by atoms with Crippen molar-refractivity contribution in [3.05, 3.63) is 53.6 Å². The van der Waals surface area contributed by atoms with E-state index in [0.717, 1.165) is 43.9 Å². The van der Waals surface area contributed by atoms with Crippen molar-refractivity contribution in [3.8, 4) is 11.4 Å². The number of hydrogen-bond acceptors (Lipinski definition) is 3. The number of aromatic nitrogens is 2. The van der Waals surface area contributed by atoms with Crippen LogP contribution in [0.25, 0.3) is 22.4 Å². The Balaban J connectivity index is 1.76. The van der Waals surface area contributed by atoms with Crippen molar-refractivity contribution in [2.75, 3.05) is 13.1 Å². The number of nitrogens with zero attached hydrogens (tertiary/aromatic N) is 2. The first-order valence-corrected chi connectivity index (χ1v) is 9.34. The molecular formula is C21H26N4. The van der Waals surface area contributed by atoms with Gasteiger partial charge in [-0.15, -0.1) is 0 Å². The normalized spacial score (nSPS) is 15.3. The maximum Gasteiger partial charge on any atom is 0.141 e. The van der Waals surface area contributed by atoms with Crippen LogP contribution in [0, 0.1) is 0 Å². The van der Waals surface area contributed by atoms with Crippen LogP contribution in [-0.2, 0) is 13.1 Å². The number of imidazole rings is 1. The van der Waals surface area contributed by atoms with Gasteiger partial charge in [0.2, 0.25) is 0 Å². The molecule has 1 aliphatic heterocycles. The molecule has 2 N–H and O–H groups in total. The summed E-state index contributed by atoms with van der Waals surface area (Å²) in [7, 11) is 0. The molecule has 0 radical (unpaired) electrons. The fourth-order valence-electron chi connectivity index (χ4n) is 3.86. The minimum absolute atomic E-state index is 0.427. The minimum Gasteiger partial charge on any atom is -0.322 e. The Morgan fingerprint density at radius 2 is 2.00 bits per heavy atom. The fourth-order valence-corrected chi connectivity index (χ4v) is 3.86. The first kappa shape index (κ1) is 16.3. The van der Waals surface area contributed by atoms with E-state index in [9.17, 15) is 0 Å². The van der Waals surface area contributed by atoms with Gasteiger partial charge < -0.3 is 15.2 Å². The molecule has 130 valence electrons. The molecule has 0 saturated heterocycles. The molecule has 1 aromatic heterocycles. The standard InChI is InChI=1S/C21H26N4/c1-3-18(23-4-2)15-8-10-16(11-9-15)21-24-19-7-5-6-17-14-22-12-13-25(21)20(17)19/h5-11,18,22-23H,3-4,12-14H2,1-2H3. The van der Waals surface area contributed by atoms with Gasteiger partial charge in [0.15, 0.2) is 0 Å². The molecule has 1 atom stereocenters. The monoisotopic (exact) mass is 334 g/mol. The number of para-hydroxylation sites is 1. The summed E-state index contributed by atoms with van der Waals surface area (Å²) in [6.45, 7) is 8.23. The van der Waals surface area contributed by atoms with Gasteiger partial charge in [-0.3, -0.25) is 0 Å². The molecule has 3 aromatic rings. The van der Waals surface area contributed by atoms with Crippen LogP contribution >= 0.6 is 0 Å². The Bertz CT molecular complexity index is 863. The van der Waals surface area contributed by atoms with Gasteiger partial charge in [-0.25, -0.2) is 4.98 Å². The van der Waals surface area contributed by atoms with E-state index in [-0.39, 0.29) is 0 Å². The molecule has 2 heterocycles. The average molecular weight is 334 g/mol. The van der Waals surface area contributed by atoms with Crippen molar-refractivity contribution in [3.63, 3.8) is 0 Å². The van der Waals surface area contributed by atoms with Crippen LogP contribution in [0.5, 0.6) is 0 Å². The largest absolute Gasteiger partial charge is 0.322 e. The SMILES string of the molecule is CCNC(CC)c1ccc(-c2nc3cccc4c3n2CCNC4)cc1. The zero-order chi connectivity index (χ0) is 17.2. The topological polar surface area (TPSA) is 41.9 Å². The second-order valence-corrected chi connectivity index (χ2v) is 6.69. The Hall–Kier alpha value is -2.17. The highest BCUT2D eigenvalue weighted by Gasteiger charge is 2.17. The highest BCUT2D eigenvalue weighted by molar-refractivity contribution is 5.84. The summed E-state index contributed by atoms with van der Waals surface area (Å²) in [5, 5.41) is 7.06. The lowest BCUT2D eigenvalue weighted by Gasteiger charge is -2.16. The van der Waals surface area contributed by atoms with Crippen LogP contribution in [0.3, 0.4) is 0 Å². The average Bonchev–Trinajstić information content (AvgIpc) is 2.88. The van der Waals surface area contributed by atoms with Gasteiger partial charge in [-0.1, -0.05) is 50.2 Å². The van der Waals surface area contributed by atoms with Crippen LogP contribution in [0.1, 0.15) is 37.4 Å². The predicted molar refractivity (Wildman–Crippen MR) is 104 cm³/mol. The van der Waals surface area contributed by atoms with Crippen molar-refractivity contribution in [2.45, 2.75) is 39.4 Å². The van der Waals surface area contributed by atoms with Crippen LogP contribution in [-0.4, -0.2) is 22.6 Å². The van der Waals surface area contributed by atoms with Gasteiger partial charge in [-0.05, 0) is 30.2 Å². The number of rotatable bonds is 5. The zero-order valence-corrected chi connectivity index (χ0v) is 15.0. The van der Waals surface area contributed by atoms with E-state index in [1.54, 1.807) is 0 Å². The fraction of sp³-hybridized carbons (Fsp3) is 0.381. The molecule has 0 amide bonds. The highest BCUT2D eigenvalue weighted by atomic mass is 15.1. The van der Waals surface area contributed by atoms with Crippen LogP contribution in [0.15, 0.2) is 42.5 Å². The molecule has 4 rings (SSSR count). The molecule has 0 spiro atoms. The molecule has 4 nitrogen and oxygen atoms in total. The van der Waals surface area contributed by atoms with E-state index in [1.165, 1.54) is 22.2 Å². The minimum atomic E-state index is 0.427. The van der Waals surface area contributed by atoms with Gasteiger partial charge in [0.1, 0.15) is 5.82 Å². The molecule has 4 heteroatoms. The van der Waals surface area contributed by atoms with Crippen LogP contribution in [0.2, 0.25) is 0 Å². The third kappa shape index (κ3) is 2.96. The summed E-state index contributed by atoms with van der Waals surface area (Å²) in [6, 6.07) is 15.8. The lowest BCUT2D eigenvalue weighted by Crippen LogP contribution is -2.19. The molecular weight excluding hydrogens is 308 g/mol. The predicted octanol–water partition coefficient (Wildman–Crippen LogP) is 3.87. The number of hydrogen-bond donors (Lipinski definition) is 2. The van der Waals surface area contributed by atoms with Gasteiger partial charge in [0.25, 0.3) is 0 Å². The summed E-state index contributed by atoms with van der Waals surface area (Å²) in [5.74, 6) is 1.08. The zero-order valence-electron chi connectivity index (χ0n) is 15.0.